The van der Waals surface area contributed by atoms with E-state index in [0.29, 0.717) is 12.1 Å². The van der Waals surface area contributed by atoms with Crippen LogP contribution in [0.1, 0.15) is 43.0 Å². The van der Waals surface area contributed by atoms with Crippen molar-refractivity contribution in [3.8, 4) is 0 Å². The number of hydrogen-bond acceptors (Lipinski definition) is 2. The van der Waals surface area contributed by atoms with Crippen molar-refractivity contribution in [1.29, 1.82) is 0 Å². The molecule has 0 saturated heterocycles. The Morgan fingerprint density at radius 1 is 0.852 bits per heavy atom. The first-order valence-electron chi connectivity index (χ1n) is 9.99. The van der Waals surface area contributed by atoms with Crippen molar-refractivity contribution in [1.82, 2.24) is 0 Å². The molecule has 0 amide bonds. The highest BCUT2D eigenvalue weighted by Crippen LogP contribution is 2.38. The quantitative estimate of drug-likeness (QED) is 0.599. The first kappa shape index (κ1) is 17.7. The van der Waals surface area contributed by atoms with Gasteiger partial charge in [-0.1, -0.05) is 60.7 Å². The van der Waals surface area contributed by atoms with Gasteiger partial charge in [-0.2, -0.15) is 0 Å². The van der Waals surface area contributed by atoms with Gasteiger partial charge >= 0.3 is 0 Å². The number of para-hydroxylation sites is 1. The molecular weight excluding hydrogens is 328 g/mol. The fourth-order valence-corrected chi connectivity index (χ4v) is 4.25. The van der Waals surface area contributed by atoms with Gasteiger partial charge in [-0.25, -0.2) is 0 Å². The summed E-state index contributed by atoms with van der Waals surface area (Å²) in [7, 11) is 0. The van der Waals surface area contributed by atoms with Crippen LogP contribution < -0.4 is 10.2 Å². The van der Waals surface area contributed by atoms with Crippen LogP contribution in [-0.2, 0) is 6.42 Å². The Balaban J connectivity index is 1.50. The molecule has 138 valence electrons. The molecule has 1 aliphatic heterocycles. The van der Waals surface area contributed by atoms with Crippen molar-refractivity contribution in [2.75, 3.05) is 16.8 Å². The number of hydrogen-bond donors (Lipinski definition) is 1. The number of rotatable bonds is 5. The summed E-state index contributed by atoms with van der Waals surface area (Å²) in [6.45, 7) is 5.63. The van der Waals surface area contributed by atoms with Crippen molar-refractivity contribution in [2.45, 2.75) is 38.8 Å². The molecule has 0 bridgehead atoms. The smallest absolute Gasteiger partial charge is 0.0553 e. The average Bonchev–Trinajstić information content (AvgIpc) is 2.70. The van der Waals surface area contributed by atoms with Crippen molar-refractivity contribution in [3.05, 3.63) is 95.6 Å². The number of nitrogens with zero attached hydrogens (tertiary/aromatic N) is 1. The maximum absolute atomic E-state index is 3.78. The minimum Gasteiger partial charge on any atom is -0.378 e. The molecule has 0 saturated carbocycles. The lowest BCUT2D eigenvalue weighted by Crippen LogP contribution is -2.40. The van der Waals surface area contributed by atoms with Gasteiger partial charge < -0.3 is 10.2 Å². The largest absolute Gasteiger partial charge is 0.378 e. The zero-order valence-corrected chi connectivity index (χ0v) is 16.2. The van der Waals surface area contributed by atoms with Crippen LogP contribution in [0.2, 0.25) is 0 Å². The van der Waals surface area contributed by atoms with Crippen LogP contribution in [-0.4, -0.2) is 12.6 Å². The molecule has 2 atom stereocenters. The SMILES string of the molecule is CCN1c2ccccc2C(Nc2ccc(Cc3ccccc3)cc2)CC1C. The van der Waals surface area contributed by atoms with Crippen LogP contribution in [0.15, 0.2) is 78.9 Å². The minimum atomic E-state index is 0.360. The molecular formula is C25H28N2. The second kappa shape index (κ2) is 7.87. The topological polar surface area (TPSA) is 15.3 Å². The molecule has 0 aliphatic carbocycles. The Hall–Kier alpha value is -2.74. The van der Waals surface area contributed by atoms with Gasteiger partial charge in [-0.15, -0.1) is 0 Å². The second-order valence-corrected chi connectivity index (χ2v) is 7.49. The summed E-state index contributed by atoms with van der Waals surface area (Å²) in [6, 6.07) is 29.3. The van der Waals surface area contributed by atoms with Gasteiger partial charge in [0.15, 0.2) is 0 Å². The Kier molecular flexibility index (Phi) is 5.15. The van der Waals surface area contributed by atoms with Gasteiger partial charge in [-0.05, 0) is 61.6 Å². The molecule has 27 heavy (non-hydrogen) atoms. The van der Waals surface area contributed by atoms with Gasteiger partial charge in [0.05, 0.1) is 6.04 Å². The average molecular weight is 357 g/mol. The van der Waals surface area contributed by atoms with Crippen LogP contribution in [0.4, 0.5) is 11.4 Å². The molecule has 3 aromatic rings. The number of nitrogens with one attached hydrogen (secondary N) is 1. The summed E-state index contributed by atoms with van der Waals surface area (Å²) in [5, 5.41) is 3.78. The zero-order chi connectivity index (χ0) is 18.6. The Bertz CT molecular complexity index is 870. The van der Waals surface area contributed by atoms with Crippen LogP contribution in [0.25, 0.3) is 0 Å². The van der Waals surface area contributed by atoms with Crippen molar-refractivity contribution < 1.29 is 0 Å². The molecule has 1 heterocycles. The molecule has 1 aliphatic rings. The summed E-state index contributed by atoms with van der Waals surface area (Å²) in [5.74, 6) is 0. The molecule has 1 N–H and O–H groups in total. The molecule has 0 aromatic heterocycles. The highest BCUT2D eigenvalue weighted by atomic mass is 15.2. The maximum atomic E-state index is 3.78. The van der Waals surface area contributed by atoms with Gasteiger partial charge in [-0.3, -0.25) is 0 Å². The fourth-order valence-electron chi connectivity index (χ4n) is 4.25. The van der Waals surface area contributed by atoms with E-state index in [1.165, 1.54) is 28.1 Å². The van der Waals surface area contributed by atoms with Gasteiger partial charge in [0.1, 0.15) is 0 Å². The van der Waals surface area contributed by atoms with E-state index in [1.54, 1.807) is 0 Å². The summed E-state index contributed by atoms with van der Waals surface area (Å²) < 4.78 is 0. The van der Waals surface area contributed by atoms with Crippen LogP contribution in [0, 0.1) is 0 Å². The normalized spacial score (nSPS) is 18.8. The van der Waals surface area contributed by atoms with E-state index in [1.807, 2.05) is 0 Å². The first-order chi connectivity index (χ1) is 13.2. The van der Waals surface area contributed by atoms with Crippen LogP contribution in [0.3, 0.4) is 0 Å². The molecule has 2 heteroatoms. The van der Waals surface area contributed by atoms with Gasteiger partial charge in [0.25, 0.3) is 0 Å². The minimum absolute atomic E-state index is 0.360. The van der Waals surface area contributed by atoms with E-state index < -0.39 is 0 Å². The summed E-state index contributed by atoms with van der Waals surface area (Å²) >= 11 is 0. The summed E-state index contributed by atoms with van der Waals surface area (Å²) in [4.78, 5) is 2.51. The second-order valence-electron chi connectivity index (χ2n) is 7.49. The molecule has 3 aromatic carbocycles. The lowest BCUT2D eigenvalue weighted by atomic mass is 9.91. The Morgan fingerprint density at radius 2 is 1.52 bits per heavy atom. The van der Waals surface area contributed by atoms with Crippen molar-refractivity contribution in [3.63, 3.8) is 0 Å². The third kappa shape index (κ3) is 3.85. The van der Waals surface area contributed by atoms with Gasteiger partial charge in [0.2, 0.25) is 0 Å². The lowest BCUT2D eigenvalue weighted by Gasteiger charge is -2.40. The van der Waals surface area contributed by atoms with E-state index in [9.17, 15) is 0 Å². The fraction of sp³-hybridized carbons (Fsp3) is 0.280. The van der Waals surface area contributed by atoms with E-state index in [-0.39, 0.29) is 0 Å². The molecule has 0 fully saturated rings. The summed E-state index contributed by atoms with van der Waals surface area (Å²) in [6.07, 6.45) is 2.10. The summed E-state index contributed by atoms with van der Waals surface area (Å²) in [5.41, 5.74) is 6.68. The third-order valence-corrected chi connectivity index (χ3v) is 5.62. The molecule has 2 unspecified atom stereocenters. The molecule has 2 nitrogen and oxygen atoms in total. The van der Waals surface area contributed by atoms with E-state index in [0.717, 1.165) is 19.4 Å². The predicted octanol–water partition coefficient (Wildman–Crippen LogP) is 6.05. The van der Waals surface area contributed by atoms with E-state index in [2.05, 4.69) is 103 Å². The Labute approximate surface area is 162 Å². The van der Waals surface area contributed by atoms with Gasteiger partial charge in [0, 0.05) is 24.0 Å². The highest BCUT2D eigenvalue weighted by Gasteiger charge is 2.28. The molecule has 0 radical (unpaired) electrons. The van der Waals surface area contributed by atoms with E-state index >= 15 is 0 Å². The predicted molar refractivity (Wildman–Crippen MR) is 116 cm³/mol. The number of fused-ring (bicyclic) bond motifs is 1. The lowest BCUT2D eigenvalue weighted by molar-refractivity contribution is 0.522. The zero-order valence-electron chi connectivity index (χ0n) is 16.2. The number of anilines is 2. The van der Waals surface area contributed by atoms with Crippen LogP contribution in [0.5, 0.6) is 0 Å². The standard InChI is InChI=1S/C25H28N2/c1-3-27-19(2)17-24(23-11-7-8-12-25(23)27)26-22-15-13-21(14-16-22)18-20-9-5-4-6-10-20/h4-16,19,24,26H,3,17-18H2,1-2H3. The highest BCUT2D eigenvalue weighted by molar-refractivity contribution is 5.60. The number of benzene rings is 3. The molecule has 4 rings (SSSR count). The third-order valence-electron chi connectivity index (χ3n) is 5.62. The van der Waals surface area contributed by atoms with Crippen molar-refractivity contribution >= 4 is 11.4 Å². The Morgan fingerprint density at radius 3 is 2.26 bits per heavy atom. The molecule has 0 spiro atoms. The van der Waals surface area contributed by atoms with Crippen LogP contribution >= 0.6 is 0 Å². The maximum Gasteiger partial charge on any atom is 0.0553 e. The monoisotopic (exact) mass is 356 g/mol. The van der Waals surface area contributed by atoms with Crippen molar-refractivity contribution in [2.24, 2.45) is 0 Å². The first-order valence-corrected chi connectivity index (χ1v) is 9.99. The van der Waals surface area contributed by atoms with E-state index in [4.69, 9.17) is 0 Å².